The van der Waals surface area contributed by atoms with Gasteiger partial charge in [0.25, 0.3) is 0 Å². The normalized spacial score (nSPS) is 16.4. The van der Waals surface area contributed by atoms with Crippen LogP contribution in [0.25, 0.3) is 5.82 Å². The monoisotopic (exact) mass is 381 g/mol. The highest BCUT2D eigenvalue weighted by Gasteiger charge is 2.24. The minimum Gasteiger partial charge on any atom is -0.368 e. The molecule has 1 amide bonds. The average Bonchev–Trinajstić information content (AvgIpc) is 3.12. The number of nitrogen functional groups attached to an aromatic ring is 1. The summed E-state index contributed by atoms with van der Waals surface area (Å²) in [5.74, 6) is 0.833. The van der Waals surface area contributed by atoms with E-state index in [2.05, 4.69) is 20.4 Å². The average molecular weight is 381 g/mol. The zero-order chi connectivity index (χ0) is 19.7. The number of fused-ring (bicyclic) bond motifs is 1. The number of carbonyl (C=O) groups excluding carboxylic acids is 1. The molecule has 8 nitrogen and oxygen atoms in total. The number of carbonyl (C=O) groups is 1. The number of hydrogen-bond acceptors (Lipinski definition) is 6. The first kappa shape index (κ1) is 17.9. The lowest BCUT2D eigenvalue weighted by atomic mass is 9.99. The predicted molar refractivity (Wildman–Crippen MR) is 102 cm³/mol. The van der Waals surface area contributed by atoms with E-state index in [1.54, 1.807) is 40.2 Å². The van der Waals surface area contributed by atoms with Crippen LogP contribution in [0.1, 0.15) is 30.5 Å². The van der Waals surface area contributed by atoms with Crippen molar-refractivity contribution in [2.24, 2.45) is 0 Å². The Balaban J connectivity index is 1.67. The van der Waals surface area contributed by atoms with Gasteiger partial charge < -0.3 is 16.0 Å². The van der Waals surface area contributed by atoms with Crippen molar-refractivity contribution in [3.8, 4) is 5.82 Å². The van der Waals surface area contributed by atoms with Crippen molar-refractivity contribution in [3.63, 3.8) is 0 Å². The molecule has 0 radical (unpaired) electrons. The zero-order valence-electron chi connectivity index (χ0n) is 15.3. The van der Waals surface area contributed by atoms with E-state index in [0.717, 1.165) is 11.1 Å². The molecule has 0 fully saturated rings. The van der Waals surface area contributed by atoms with E-state index >= 15 is 0 Å². The topological polar surface area (TPSA) is 102 Å². The van der Waals surface area contributed by atoms with Crippen LogP contribution in [0.3, 0.4) is 0 Å². The van der Waals surface area contributed by atoms with Gasteiger partial charge in [-0.3, -0.25) is 4.79 Å². The highest BCUT2D eigenvalue weighted by atomic mass is 19.1. The molecule has 1 atom stereocenters. The highest BCUT2D eigenvalue weighted by Crippen LogP contribution is 2.30. The third kappa shape index (κ3) is 3.64. The molecule has 3 aromatic rings. The predicted octanol–water partition coefficient (Wildman–Crippen LogP) is 2.29. The van der Waals surface area contributed by atoms with Gasteiger partial charge in [0.05, 0.1) is 6.04 Å². The van der Waals surface area contributed by atoms with Gasteiger partial charge in [0, 0.05) is 38.5 Å². The Morgan fingerprint density at radius 3 is 2.93 bits per heavy atom. The maximum absolute atomic E-state index is 13.8. The Hall–Kier alpha value is -3.49. The van der Waals surface area contributed by atoms with E-state index in [9.17, 15) is 9.18 Å². The zero-order valence-corrected chi connectivity index (χ0v) is 15.3. The van der Waals surface area contributed by atoms with Gasteiger partial charge in [-0.05, 0) is 35.7 Å². The van der Waals surface area contributed by atoms with Crippen LogP contribution < -0.4 is 11.1 Å². The van der Waals surface area contributed by atoms with Crippen molar-refractivity contribution < 1.29 is 9.18 Å². The molecule has 0 saturated carbocycles. The summed E-state index contributed by atoms with van der Waals surface area (Å²) in [7, 11) is 0. The third-order valence-electron chi connectivity index (χ3n) is 4.77. The minimum atomic E-state index is -0.324. The van der Waals surface area contributed by atoms with Crippen LogP contribution in [-0.4, -0.2) is 37.1 Å². The van der Waals surface area contributed by atoms with Crippen molar-refractivity contribution in [1.29, 1.82) is 0 Å². The second-order valence-corrected chi connectivity index (χ2v) is 6.69. The smallest absolute Gasteiger partial charge is 0.224 e. The lowest BCUT2D eigenvalue weighted by molar-refractivity contribution is -0.129. The quantitative estimate of drug-likeness (QED) is 0.722. The summed E-state index contributed by atoms with van der Waals surface area (Å²) in [6.45, 7) is 2.45. The number of halogens is 1. The van der Waals surface area contributed by atoms with Gasteiger partial charge in [-0.1, -0.05) is 6.07 Å². The van der Waals surface area contributed by atoms with E-state index in [1.165, 1.54) is 19.1 Å². The second-order valence-electron chi connectivity index (χ2n) is 6.69. The maximum Gasteiger partial charge on any atom is 0.224 e. The summed E-state index contributed by atoms with van der Waals surface area (Å²) in [6.07, 6.45) is 4.07. The lowest BCUT2D eigenvalue weighted by Crippen LogP contribution is -2.28. The molecule has 4 rings (SSSR count). The fourth-order valence-electron chi connectivity index (χ4n) is 3.42. The summed E-state index contributed by atoms with van der Waals surface area (Å²) < 4.78 is 15.4. The van der Waals surface area contributed by atoms with Gasteiger partial charge in [0.15, 0.2) is 5.82 Å². The van der Waals surface area contributed by atoms with Crippen LogP contribution in [0.2, 0.25) is 0 Å². The van der Waals surface area contributed by atoms with Crippen molar-refractivity contribution in [1.82, 2.24) is 24.6 Å². The molecule has 0 bridgehead atoms. The Bertz CT molecular complexity index is 1010. The summed E-state index contributed by atoms with van der Waals surface area (Å²) >= 11 is 0. The molecular formula is C19H20FN7O. The van der Waals surface area contributed by atoms with Gasteiger partial charge in [-0.25, -0.2) is 9.07 Å². The second kappa shape index (κ2) is 7.26. The number of nitrogens with two attached hydrogens (primary N) is 1. The first-order valence-corrected chi connectivity index (χ1v) is 8.94. The number of nitrogens with one attached hydrogen (secondary N) is 1. The fraction of sp³-hybridized carbons (Fsp3) is 0.263. The molecule has 3 heterocycles. The van der Waals surface area contributed by atoms with Gasteiger partial charge in [-0.15, -0.1) is 0 Å². The molecule has 9 heteroatoms. The summed E-state index contributed by atoms with van der Waals surface area (Å²) in [4.78, 5) is 22.1. The van der Waals surface area contributed by atoms with Crippen LogP contribution in [-0.2, 0) is 11.3 Å². The molecule has 0 saturated heterocycles. The molecule has 1 unspecified atom stereocenters. The molecule has 2 aromatic heterocycles. The molecule has 3 N–H and O–H groups in total. The minimum absolute atomic E-state index is 0.0388. The molecule has 144 valence electrons. The van der Waals surface area contributed by atoms with Crippen molar-refractivity contribution >= 4 is 17.7 Å². The van der Waals surface area contributed by atoms with Gasteiger partial charge in [0.2, 0.25) is 11.9 Å². The van der Waals surface area contributed by atoms with Crippen molar-refractivity contribution in [2.45, 2.75) is 25.9 Å². The van der Waals surface area contributed by atoms with Crippen molar-refractivity contribution in [3.05, 3.63) is 59.7 Å². The summed E-state index contributed by atoms with van der Waals surface area (Å²) in [5.41, 5.74) is 7.58. The number of anilines is 2. The fourth-order valence-corrected chi connectivity index (χ4v) is 3.42. The van der Waals surface area contributed by atoms with Gasteiger partial charge in [0.1, 0.15) is 11.6 Å². The van der Waals surface area contributed by atoms with Crippen LogP contribution in [0.4, 0.5) is 16.2 Å². The molecule has 1 aromatic carbocycles. The number of rotatable bonds is 3. The molecule has 0 spiro atoms. The SMILES string of the molecule is CC(=O)N1CCC(Nc2cc(-n3cccn3)nc(N)n2)c2ccc(F)cc2C1. The molecule has 28 heavy (non-hydrogen) atoms. The number of aromatic nitrogens is 4. The van der Waals surface area contributed by atoms with E-state index in [1.807, 2.05) is 0 Å². The maximum atomic E-state index is 13.8. The Morgan fingerprint density at radius 2 is 2.18 bits per heavy atom. The molecule has 1 aliphatic heterocycles. The van der Waals surface area contributed by atoms with Gasteiger partial charge >= 0.3 is 0 Å². The lowest BCUT2D eigenvalue weighted by Gasteiger charge is -2.20. The van der Waals surface area contributed by atoms with Crippen LogP contribution in [0, 0.1) is 5.82 Å². The van der Waals surface area contributed by atoms with Crippen LogP contribution >= 0.6 is 0 Å². The van der Waals surface area contributed by atoms with E-state index in [0.29, 0.717) is 31.1 Å². The molecule has 1 aliphatic rings. The van der Waals surface area contributed by atoms with Crippen LogP contribution in [0.15, 0.2) is 42.7 Å². The highest BCUT2D eigenvalue weighted by molar-refractivity contribution is 5.73. The van der Waals surface area contributed by atoms with E-state index in [4.69, 9.17) is 5.73 Å². The first-order chi connectivity index (χ1) is 13.5. The Labute approximate surface area is 161 Å². The number of nitrogens with zero attached hydrogens (tertiary/aromatic N) is 5. The Morgan fingerprint density at radius 1 is 1.32 bits per heavy atom. The number of benzene rings is 1. The largest absolute Gasteiger partial charge is 0.368 e. The molecule has 0 aliphatic carbocycles. The van der Waals surface area contributed by atoms with Crippen LogP contribution in [0.5, 0.6) is 0 Å². The van der Waals surface area contributed by atoms with E-state index < -0.39 is 0 Å². The Kier molecular flexibility index (Phi) is 4.64. The number of amides is 1. The summed E-state index contributed by atoms with van der Waals surface area (Å²) in [5, 5.41) is 7.53. The number of hydrogen-bond donors (Lipinski definition) is 2. The van der Waals surface area contributed by atoms with Gasteiger partial charge in [-0.2, -0.15) is 15.1 Å². The van der Waals surface area contributed by atoms with E-state index in [-0.39, 0.29) is 23.7 Å². The summed E-state index contributed by atoms with van der Waals surface area (Å²) in [6, 6.07) is 8.05. The standard InChI is InChI=1S/C19H20FN7O/c1-12(28)26-8-5-16(15-4-3-14(20)9-13(15)11-26)23-17-10-18(25-19(21)24-17)27-7-2-6-22-27/h2-4,6-7,9-10,16H,5,8,11H2,1H3,(H3,21,23,24,25). The van der Waals surface area contributed by atoms with Crippen molar-refractivity contribution in [2.75, 3.05) is 17.6 Å². The molecular weight excluding hydrogens is 361 g/mol. The third-order valence-corrected chi connectivity index (χ3v) is 4.77. The first-order valence-electron chi connectivity index (χ1n) is 8.94.